The van der Waals surface area contributed by atoms with E-state index in [1.54, 1.807) is 6.20 Å². The van der Waals surface area contributed by atoms with Crippen LogP contribution < -0.4 is 5.32 Å². The van der Waals surface area contributed by atoms with Crippen LogP contribution in [0.15, 0.2) is 42.6 Å². The summed E-state index contributed by atoms with van der Waals surface area (Å²) in [7, 11) is 0. The molecule has 0 saturated heterocycles. The Balaban J connectivity index is 1.62. The number of hydrogen-bond acceptors (Lipinski definition) is 5. The normalized spacial score (nSPS) is 18.1. The van der Waals surface area contributed by atoms with Crippen molar-refractivity contribution in [3.05, 3.63) is 48.3 Å². The fraction of sp³-hybridized carbons (Fsp3) is 0.273. The Kier molecular flexibility index (Phi) is 4.39. The number of fused-ring (bicyclic) bond motifs is 1. The van der Waals surface area contributed by atoms with Crippen molar-refractivity contribution in [1.29, 1.82) is 0 Å². The lowest BCUT2D eigenvalue weighted by atomic mass is 10.0. The smallest absolute Gasteiger partial charge is 0.228 e. The maximum Gasteiger partial charge on any atom is 0.228 e. The van der Waals surface area contributed by atoms with Gasteiger partial charge in [0.2, 0.25) is 5.91 Å². The lowest BCUT2D eigenvalue weighted by Gasteiger charge is -2.09. The van der Waals surface area contributed by atoms with E-state index in [1.807, 2.05) is 30.3 Å². The summed E-state index contributed by atoms with van der Waals surface area (Å²) < 4.78 is 4.72. The molecule has 0 radical (unpaired) electrons. The van der Waals surface area contributed by atoms with Crippen LogP contribution in [0.5, 0.6) is 0 Å². The Bertz CT molecular complexity index is 1210. The van der Waals surface area contributed by atoms with Crippen LogP contribution in [-0.4, -0.2) is 25.5 Å². The number of rotatable bonds is 5. The summed E-state index contributed by atoms with van der Waals surface area (Å²) in [6.45, 7) is 4.19. The third-order valence-electron chi connectivity index (χ3n) is 5.51. The summed E-state index contributed by atoms with van der Waals surface area (Å²) in [6.07, 6.45) is 3.61. The zero-order valence-electron chi connectivity index (χ0n) is 16.3. The van der Waals surface area contributed by atoms with Gasteiger partial charge in [-0.15, -0.1) is 0 Å². The van der Waals surface area contributed by atoms with Gasteiger partial charge in [0, 0.05) is 22.6 Å². The van der Waals surface area contributed by atoms with Gasteiger partial charge in [-0.25, -0.2) is 0 Å². The van der Waals surface area contributed by atoms with Crippen molar-refractivity contribution in [2.75, 3.05) is 5.32 Å². The van der Waals surface area contributed by atoms with Crippen LogP contribution in [0.3, 0.4) is 0 Å². The van der Waals surface area contributed by atoms with Gasteiger partial charge in [-0.2, -0.15) is 9.47 Å². The Labute approximate surface area is 172 Å². The molecule has 1 fully saturated rings. The van der Waals surface area contributed by atoms with Crippen molar-refractivity contribution in [3.8, 4) is 22.5 Å². The van der Waals surface area contributed by atoms with Crippen LogP contribution in [-0.2, 0) is 11.2 Å². The fourth-order valence-electron chi connectivity index (χ4n) is 3.61. The van der Waals surface area contributed by atoms with Gasteiger partial charge in [0.1, 0.15) is 5.00 Å². The fourth-order valence-corrected chi connectivity index (χ4v) is 4.43. The zero-order valence-corrected chi connectivity index (χ0v) is 17.1. The number of aryl methyl sites for hydroxylation is 1. The van der Waals surface area contributed by atoms with Gasteiger partial charge in [0.25, 0.3) is 0 Å². The highest BCUT2D eigenvalue weighted by Gasteiger charge is 2.39. The number of anilines is 1. The van der Waals surface area contributed by atoms with Crippen molar-refractivity contribution < 1.29 is 4.79 Å². The third kappa shape index (κ3) is 3.31. The molecule has 2 N–H and O–H groups in total. The topological polar surface area (TPSA) is 83.6 Å². The van der Waals surface area contributed by atoms with E-state index >= 15 is 0 Å². The molecule has 4 aromatic rings. The first kappa shape index (κ1) is 18.0. The van der Waals surface area contributed by atoms with Crippen LogP contribution in [0, 0.1) is 11.8 Å². The van der Waals surface area contributed by atoms with Gasteiger partial charge < -0.3 is 5.32 Å². The van der Waals surface area contributed by atoms with Gasteiger partial charge >= 0.3 is 0 Å². The molecule has 7 heteroatoms. The van der Waals surface area contributed by atoms with Crippen molar-refractivity contribution in [2.45, 2.75) is 26.7 Å². The number of aromatic nitrogens is 4. The molecule has 1 aliphatic carbocycles. The van der Waals surface area contributed by atoms with Crippen LogP contribution in [0.4, 0.5) is 5.00 Å². The van der Waals surface area contributed by atoms with E-state index in [0.29, 0.717) is 5.92 Å². The molecule has 146 valence electrons. The molecule has 2 atom stereocenters. The summed E-state index contributed by atoms with van der Waals surface area (Å²) in [4.78, 5) is 17.4. The van der Waals surface area contributed by atoms with Gasteiger partial charge in [0.15, 0.2) is 0 Å². The van der Waals surface area contributed by atoms with E-state index in [2.05, 4.69) is 35.4 Å². The van der Waals surface area contributed by atoms with E-state index in [0.717, 1.165) is 57.0 Å². The summed E-state index contributed by atoms with van der Waals surface area (Å²) in [6, 6.07) is 12.1. The summed E-state index contributed by atoms with van der Waals surface area (Å²) in [5, 5.41) is 12.0. The number of nitrogens with one attached hydrogen (secondary N) is 2. The highest BCUT2D eigenvalue weighted by atomic mass is 32.1. The molecule has 3 heterocycles. The molecule has 1 aliphatic rings. The van der Waals surface area contributed by atoms with Crippen LogP contribution >= 0.6 is 11.5 Å². The van der Waals surface area contributed by atoms with Crippen molar-refractivity contribution in [3.63, 3.8) is 0 Å². The van der Waals surface area contributed by atoms with E-state index in [9.17, 15) is 4.79 Å². The molecule has 1 saturated carbocycles. The average molecular weight is 404 g/mol. The zero-order chi connectivity index (χ0) is 20.0. The Hall–Kier alpha value is -3.06. The number of H-pyrrole nitrogens is 1. The van der Waals surface area contributed by atoms with Gasteiger partial charge in [-0.3, -0.25) is 14.9 Å². The van der Waals surface area contributed by atoms with E-state index in [4.69, 9.17) is 9.36 Å². The minimum absolute atomic E-state index is 0.0749. The van der Waals surface area contributed by atoms with Crippen molar-refractivity contribution in [2.24, 2.45) is 11.8 Å². The number of aromatic amines is 1. The molecule has 6 nitrogen and oxygen atoms in total. The lowest BCUT2D eigenvalue weighted by molar-refractivity contribution is -0.117. The minimum Gasteiger partial charge on any atom is -0.316 e. The molecule has 3 aromatic heterocycles. The number of hydrogen-bond donors (Lipinski definition) is 2. The SMILES string of the molecule is CCc1cccc(-c2c(-c3ccc4[nH]ncc4c3)nsc2NC(=O)[C@@H]2C[C@H]2C)n1. The monoisotopic (exact) mass is 403 g/mol. The molecule has 29 heavy (non-hydrogen) atoms. The van der Waals surface area contributed by atoms with E-state index < -0.39 is 0 Å². The Morgan fingerprint density at radius 3 is 2.97 bits per heavy atom. The van der Waals surface area contributed by atoms with Gasteiger partial charge in [0.05, 0.1) is 28.7 Å². The van der Waals surface area contributed by atoms with Crippen molar-refractivity contribution >= 4 is 33.3 Å². The van der Waals surface area contributed by atoms with Gasteiger partial charge in [-0.05, 0) is 54.6 Å². The lowest BCUT2D eigenvalue weighted by Crippen LogP contribution is -2.14. The quantitative estimate of drug-likeness (QED) is 0.496. The number of carbonyl (C=O) groups excluding carboxylic acids is 1. The van der Waals surface area contributed by atoms with Crippen LogP contribution in [0.1, 0.15) is 26.0 Å². The third-order valence-corrected chi connectivity index (χ3v) is 6.28. The minimum atomic E-state index is 0.0749. The molecule has 1 amide bonds. The predicted octanol–water partition coefficient (Wildman–Crippen LogP) is 4.91. The van der Waals surface area contributed by atoms with E-state index in [-0.39, 0.29) is 11.8 Å². The summed E-state index contributed by atoms with van der Waals surface area (Å²) in [5.41, 5.74) is 5.52. The molecular weight excluding hydrogens is 382 g/mol. The Morgan fingerprint density at radius 2 is 2.17 bits per heavy atom. The number of carbonyl (C=O) groups is 1. The van der Waals surface area contributed by atoms with Crippen LogP contribution in [0.25, 0.3) is 33.4 Å². The highest BCUT2D eigenvalue weighted by Crippen LogP contribution is 2.43. The largest absolute Gasteiger partial charge is 0.316 e. The molecule has 0 bridgehead atoms. The molecule has 1 aromatic carbocycles. The highest BCUT2D eigenvalue weighted by molar-refractivity contribution is 7.11. The maximum absolute atomic E-state index is 12.6. The summed E-state index contributed by atoms with van der Waals surface area (Å²) in [5.74, 6) is 0.632. The second-order valence-electron chi connectivity index (χ2n) is 7.58. The second-order valence-corrected chi connectivity index (χ2v) is 8.36. The first-order valence-corrected chi connectivity index (χ1v) is 10.6. The molecule has 0 unspecified atom stereocenters. The van der Waals surface area contributed by atoms with E-state index in [1.165, 1.54) is 11.5 Å². The first-order valence-electron chi connectivity index (χ1n) is 9.84. The Morgan fingerprint density at radius 1 is 1.31 bits per heavy atom. The van der Waals surface area contributed by atoms with Crippen molar-refractivity contribution in [1.82, 2.24) is 19.6 Å². The number of nitrogens with zero attached hydrogens (tertiary/aromatic N) is 3. The summed E-state index contributed by atoms with van der Waals surface area (Å²) >= 11 is 1.32. The first-order chi connectivity index (χ1) is 14.1. The molecule has 5 rings (SSSR count). The molecule has 0 aliphatic heterocycles. The average Bonchev–Trinajstić information content (AvgIpc) is 3.13. The number of benzene rings is 1. The van der Waals surface area contributed by atoms with Crippen LogP contribution in [0.2, 0.25) is 0 Å². The standard InChI is InChI=1S/C22H21N5OS/c1-3-15-5-4-6-18(24-15)19-20(13-7-8-17-14(10-13)11-23-26-17)27-29-22(19)25-21(28)16-9-12(16)2/h4-8,10-12,16H,3,9H2,1-2H3,(H,23,26)(H,25,28)/t12-,16-/m1/s1. The predicted molar refractivity (Wildman–Crippen MR) is 116 cm³/mol. The molecular formula is C22H21N5OS. The second kappa shape index (κ2) is 7.08. The van der Waals surface area contributed by atoms with Gasteiger partial charge in [-0.1, -0.05) is 26.0 Å². The maximum atomic E-state index is 12.6. The number of amides is 1. The molecule has 0 spiro atoms. The number of pyridine rings is 1.